The van der Waals surface area contributed by atoms with E-state index in [1.165, 1.54) is 12.2 Å². The van der Waals surface area contributed by atoms with Gasteiger partial charge in [0, 0.05) is 60.8 Å². The van der Waals surface area contributed by atoms with Gasteiger partial charge in [-0.05, 0) is 77.0 Å². The number of hydrogen-bond donors (Lipinski definition) is 0. The third kappa shape index (κ3) is 11.7. The van der Waals surface area contributed by atoms with Crippen molar-refractivity contribution in [3.8, 4) is 23.6 Å². The number of ether oxygens (including phenoxy) is 4. The highest BCUT2D eigenvalue weighted by molar-refractivity contribution is 5.99. The molecular formula is C37H48N4O6. The second-order valence-corrected chi connectivity index (χ2v) is 10.6. The van der Waals surface area contributed by atoms with Crippen LogP contribution in [0.2, 0.25) is 0 Å². The molecule has 0 radical (unpaired) electrons. The maximum atomic E-state index is 12.5. The lowest BCUT2D eigenvalue weighted by Crippen LogP contribution is -2.21. The summed E-state index contributed by atoms with van der Waals surface area (Å²) in [6.07, 6.45) is 6.72. The van der Waals surface area contributed by atoms with Gasteiger partial charge in [0.05, 0.1) is 27.4 Å². The first-order chi connectivity index (χ1) is 22.8. The molecule has 0 N–H and O–H groups in total. The van der Waals surface area contributed by atoms with E-state index in [0.717, 1.165) is 56.8 Å². The number of unbranched alkanes of at least 4 members (excludes halogenated alkanes) is 4. The summed E-state index contributed by atoms with van der Waals surface area (Å²) in [4.78, 5) is 29.4. The Kier molecular flexibility index (Phi) is 17.0. The van der Waals surface area contributed by atoms with Crippen molar-refractivity contribution in [2.45, 2.75) is 59.8 Å². The van der Waals surface area contributed by atoms with Crippen LogP contribution in [0.15, 0.2) is 47.5 Å². The number of carbonyl (C=O) groups is 2. The van der Waals surface area contributed by atoms with Crippen LogP contribution < -0.4 is 19.3 Å². The molecule has 0 fully saturated rings. The molecule has 0 atom stereocenters. The molecule has 0 aromatic heterocycles. The van der Waals surface area contributed by atoms with Crippen LogP contribution in [0.3, 0.4) is 0 Å². The van der Waals surface area contributed by atoms with Gasteiger partial charge in [-0.3, -0.25) is 0 Å². The number of methoxy groups -OCH3 is 2. The third-order valence-electron chi connectivity index (χ3n) is 7.73. The Labute approximate surface area is 279 Å². The van der Waals surface area contributed by atoms with Crippen molar-refractivity contribution >= 4 is 35.5 Å². The van der Waals surface area contributed by atoms with E-state index in [0.29, 0.717) is 35.5 Å². The zero-order chi connectivity index (χ0) is 34.6. The summed E-state index contributed by atoms with van der Waals surface area (Å²) in [5.41, 5.74) is 3.06. The zero-order valence-corrected chi connectivity index (χ0v) is 28.6. The molecule has 2 aromatic carbocycles. The van der Waals surface area contributed by atoms with Crippen LogP contribution in [0.25, 0.3) is 12.2 Å². The topological polar surface area (TPSA) is 125 Å². The molecule has 0 aliphatic heterocycles. The Morgan fingerprint density at radius 1 is 0.638 bits per heavy atom. The first kappa shape index (κ1) is 38.2. The number of anilines is 2. The van der Waals surface area contributed by atoms with Gasteiger partial charge in [-0.1, -0.05) is 19.3 Å². The second kappa shape index (κ2) is 21.0. The van der Waals surface area contributed by atoms with Crippen molar-refractivity contribution in [3.63, 3.8) is 0 Å². The lowest BCUT2D eigenvalue weighted by atomic mass is 10.1. The average molecular weight is 645 g/mol. The van der Waals surface area contributed by atoms with Crippen LogP contribution in [0.4, 0.5) is 11.4 Å². The van der Waals surface area contributed by atoms with Crippen LogP contribution in [0, 0.1) is 22.7 Å². The van der Waals surface area contributed by atoms with Gasteiger partial charge in [-0.15, -0.1) is 0 Å². The Hall–Kier alpha value is -4.96. The minimum Gasteiger partial charge on any atom is -0.496 e. The molecule has 0 unspecified atom stereocenters. The first-order valence-electron chi connectivity index (χ1n) is 16.2. The standard InChI is InChI=1S/C37H48N4O6/c1-7-40(8-2)32-18-16-28(34(24-32)44-5)22-30(26-38)36(42)46-20-14-12-11-13-15-21-47-37(43)31(27-39)23-29-17-19-33(25-35(29)45-6)41(9-3)10-4/h16-19,22-25H,7-15,20-21H2,1-6H3. The second-order valence-electron chi connectivity index (χ2n) is 10.6. The number of hydrogen-bond acceptors (Lipinski definition) is 10. The molecule has 10 nitrogen and oxygen atoms in total. The molecule has 252 valence electrons. The van der Waals surface area contributed by atoms with Crippen LogP contribution in [0.5, 0.6) is 11.5 Å². The van der Waals surface area contributed by atoms with Crippen molar-refractivity contribution in [1.29, 1.82) is 10.5 Å². The van der Waals surface area contributed by atoms with Crippen LogP contribution in [-0.4, -0.2) is 65.6 Å². The first-order valence-corrected chi connectivity index (χ1v) is 16.2. The molecule has 47 heavy (non-hydrogen) atoms. The van der Waals surface area contributed by atoms with Crippen LogP contribution in [0.1, 0.15) is 70.9 Å². The highest BCUT2D eigenvalue weighted by Gasteiger charge is 2.15. The highest BCUT2D eigenvalue weighted by Crippen LogP contribution is 2.29. The average Bonchev–Trinajstić information content (AvgIpc) is 3.10. The summed E-state index contributed by atoms with van der Waals surface area (Å²) >= 11 is 0. The number of carbonyl (C=O) groups excluding carboxylic acids is 2. The Morgan fingerprint density at radius 2 is 1.00 bits per heavy atom. The Bertz CT molecular complexity index is 1350. The summed E-state index contributed by atoms with van der Waals surface area (Å²) < 4.78 is 21.7. The molecule has 2 rings (SSSR count). The Balaban J connectivity index is 1.77. The van der Waals surface area contributed by atoms with Gasteiger partial charge in [-0.25, -0.2) is 9.59 Å². The molecule has 0 bridgehead atoms. The number of nitrogens with zero attached hydrogens (tertiary/aromatic N) is 4. The van der Waals surface area contributed by atoms with Crippen molar-refractivity contribution in [2.75, 3.05) is 63.4 Å². The van der Waals surface area contributed by atoms with E-state index in [1.807, 2.05) is 48.5 Å². The number of esters is 2. The summed E-state index contributed by atoms with van der Waals surface area (Å²) in [7, 11) is 3.11. The highest BCUT2D eigenvalue weighted by atomic mass is 16.5. The quantitative estimate of drug-likeness (QED) is 0.0647. The van der Waals surface area contributed by atoms with Gasteiger partial charge in [0.2, 0.25) is 0 Å². The molecular weight excluding hydrogens is 596 g/mol. The lowest BCUT2D eigenvalue weighted by Gasteiger charge is -2.22. The maximum absolute atomic E-state index is 12.5. The number of benzene rings is 2. The van der Waals surface area contributed by atoms with E-state index in [1.54, 1.807) is 14.2 Å². The largest absolute Gasteiger partial charge is 0.496 e. The third-order valence-corrected chi connectivity index (χ3v) is 7.73. The van der Waals surface area contributed by atoms with E-state index in [-0.39, 0.29) is 24.4 Å². The molecule has 0 spiro atoms. The summed E-state index contributed by atoms with van der Waals surface area (Å²) in [6.45, 7) is 12.1. The minimum absolute atomic E-state index is 0.0958. The smallest absolute Gasteiger partial charge is 0.348 e. The van der Waals surface area contributed by atoms with E-state index < -0.39 is 11.9 Å². The fraction of sp³-hybridized carbons (Fsp3) is 0.459. The number of nitriles is 2. The summed E-state index contributed by atoms with van der Waals surface area (Å²) in [6, 6.07) is 15.2. The molecule has 0 aliphatic carbocycles. The van der Waals surface area contributed by atoms with Gasteiger partial charge < -0.3 is 28.7 Å². The molecule has 2 aromatic rings. The van der Waals surface area contributed by atoms with E-state index in [2.05, 4.69) is 37.5 Å². The summed E-state index contributed by atoms with van der Waals surface area (Å²) in [5, 5.41) is 19.1. The fourth-order valence-electron chi connectivity index (χ4n) is 5.01. The minimum atomic E-state index is -0.673. The van der Waals surface area contributed by atoms with Crippen LogP contribution in [-0.2, 0) is 19.1 Å². The zero-order valence-electron chi connectivity index (χ0n) is 28.6. The molecule has 0 aliphatic rings. The molecule has 0 amide bonds. The fourth-order valence-corrected chi connectivity index (χ4v) is 5.01. The molecule has 0 saturated heterocycles. The van der Waals surface area contributed by atoms with Gasteiger partial charge >= 0.3 is 11.9 Å². The molecule has 0 heterocycles. The van der Waals surface area contributed by atoms with Crippen LogP contribution >= 0.6 is 0 Å². The van der Waals surface area contributed by atoms with Gasteiger partial charge in [0.1, 0.15) is 34.8 Å². The summed E-state index contributed by atoms with van der Waals surface area (Å²) in [5.74, 6) is -0.205. The Morgan fingerprint density at radius 3 is 1.32 bits per heavy atom. The van der Waals surface area contributed by atoms with E-state index in [9.17, 15) is 20.1 Å². The van der Waals surface area contributed by atoms with Gasteiger partial charge in [0.25, 0.3) is 0 Å². The van der Waals surface area contributed by atoms with Gasteiger partial charge in [-0.2, -0.15) is 10.5 Å². The SMILES string of the molecule is CCN(CC)c1ccc(C=C(C#N)C(=O)OCCCCCCCOC(=O)C(C#N)=Cc2ccc(N(CC)CC)cc2OC)c(OC)c1. The van der Waals surface area contributed by atoms with Crippen molar-refractivity contribution in [1.82, 2.24) is 0 Å². The van der Waals surface area contributed by atoms with Crippen molar-refractivity contribution in [3.05, 3.63) is 58.7 Å². The number of rotatable bonds is 20. The van der Waals surface area contributed by atoms with E-state index in [4.69, 9.17) is 18.9 Å². The van der Waals surface area contributed by atoms with Gasteiger partial charge in [0.15, 0.2) is 0 Å². The monoisotopic (exact) mass is 644 g/mol. The van der Waals surface area contributed by atoms with Crippen molar-refractivity contribution in [2.24, 2.45) is 0 Å². The molecule has 0 saturated carbocycles. The predicted molar refractivity (Wildman–Crippen MR) is 185 cm³/mol. The maximum Gasteiger partial charge on any atom is 0.348 e. The predicted octanol–water partition coefficient (Wildman–Crippen LogP) is 6.95. The normalized spacial score (nSPS) is 11.2. The molecule has 10 heteroatoms. The van der Waals surface area contributed by atoms with Crippen molar-refractivity contribution < 1.29 is 28.5 Å². The lowest BCUT2D eigenvalue weighted by molar-refractivity contribution is -0.139. The van der Waals surface area contributed by atoms with E-state index >= 15 is 0 Å².